The summed E-state index contributed by atoms with van der Waals surface area (Å²) in [5.74, 6) is 7.54. The van der Waals surface area contributed by atoms with Crippen molar-refractivity contribution >= 4 is 0 Å². The molecule has 1 unspecified atom stereocenters. The molecule has 1 atom stereocenters. The van der Waals surface area contributed by atoms with Crippen LogP contribution >= 0.6 is 0 Å². The van der Waals surface area contributed by atoms with Crippen LogP contribution in [0.1, 0.15) is 55.3 Å². The number of pyridine rings is 1. The Labute approximate surface area is 128 Å². The van der Waals surface area contributed by atoms with Gasteiger partial charge < -0.3 is 4.74 Å². The highest BCUT2D eigenvalue weighted by Gasteiger charge is 2.20. The zero-order valence-corrected chi connectivity index (χ0v) is 13.6. The Morgan fingerprint density at radius 2 is 2.05 bits per heavy atom. The summed E-state index contributed by atoms with van der Waals surface area (Å²) in [5.41, 5.74) is 6.32. The summed E-state index contributed by atoms with van der Waals surface area (Å²) in [5, 5.41) is 0. The number of hydrogen-bond acceptors (Lipinski definition) is 4. The van der Waals surface area contributed by atoms with Crippen LogP contribution in [0.5, 0.6) is 5.75 Å². The standard InChI is InChI=1S/C17H29N3O/c1-12-11-19-16(13(2)17(12)21-3)10-15(20-18)9-14-7-5-4-6-8-14/h11,14-15,20H,4-10,18H2,1-3H3. The van der Waals surface area contributed by atoms with Crippen molar-refractivity contribution in [1.29, 1.82) is 0 Å². The molecule has 2 rings (SSSR count). The van der Waals surface area contributed by atoms with Crippen molar-refractivity contribution in [2.75, 3.05) is 7.11 Å². The molecule has 0 amide bonds. The smallest absolute Gasteiger partial charge is 0.128 e. The van der Waals surface area contributed by atoms with E-state index in [0.717, 1.165) is 41.3 Å². The van der Waals surface area contributed by atoms with Gasteiger partial charge in [0.15, 0.2) is 0 Å². The number of aromatic nitrogens is 1. The second-order valence-corrected chi connectivity index (χ2v) is 6.35. The minimum Gasteiger partial charge on any atom is -0.496 e. The number of ether oxygens (including phenoxy) is 1. The van der Waals surface area contributed by atoms with Gasteiger partial charge in [-0.2, -0.15) is 0 Å². The van der Waals surface area contributed by atoms with Crippen molar-refractivity contribution in [3.05, 3.63) is 23.0 Å². The average molecular weight is 291 g/mol. The third-order valence-electron chi connectivity index (χ3n) is 4.77. The number of nitrogens with one attached hydrogen (secondary N) is 1. The van der Waals surface area contributed by atoms with Crippen molar-refractivity contribution in [3.8, 4) is 5.75 Å². The summed E-state index contributed by atoms with van der Waals surface area (Å²) < 4.78 is 5.49. The first-order valence-corrected chi connectivity index (χ1v) is 8.10. The van der Waals surface area contributed by atoms with Crippen molar-refractivity contribution in [3.63, 3.8) is 0 Å². The fraction of sp³-hybridized carbons (Fsp3) is 0.706. The summed E-state index contributed by atoms with van der Waals surface area (Å²) in [6.07, 6.45) is 10.8. The molecule has 118 valence electrons. The van der Waals surface area contributed by atoms with Gasteiger partial charge >= 0.3 is 0 Å². The van der Waals surface area contributed by atoms with E-state index in [0.29, 0.717) is 6.04 Å². The van der Waals surface area contributed by atoms with Gasteiger partial charge in [0.25, 0.3) is 0 Å². The Balaban J connectivity index is 2.04. The van der Waals surface area contributed by atoms with E-state index in [-0.39, 0.29) is 0 Å². The van der Waals surface area contributed by atoms with Crippen LogP contribution in [0.2, 0.25) is 0 Å². The normalized spacial score (nSPS) is 17.7. The van der Waals surface area contributed by atoms with Crippen molar-refractivity contribution < 1.29 is 4.74 Å². The Morgan fingerprint density at radius 1 is 1.33 bits per heavy atom. The molecule has 21 heavy (non-hydrogen) atoms. The van der Waals surface area contributed by atoms with Gasteiger partial charge in [-0.15, -0.1) is 0 Å². The lowest BCUT2D eigenvalue weighted by atomic mass is 9.84. The molecule has 0 spiro atoms. The second-order valence-electron chi connectivity index (χ2n) is 6.35. The maximum atomic E-state index is 5.78. The third kappa shape index (κ3) is 4.17. The summed E-state index contributed by atoms with van der Waals surface area (Å²) in [6.45, 7) is 4.12. The van der Waals surface area contributed by atoms with Gasteiger partial charge in [-0.05, 0) is 26.2 Å². The predicted octanol–water partition coefficient (Wildman–Crippen LogP) is 3.05. The van der Waals surface area contributed by atoms with Crippen LogP contribution in [0, 0.1) is 19.8 Å². The van der Waals surface area contributed by atoms with Gasteiger partial charge in [0.05, 0.1) is 7.11 Å². The zero-order valence-electron chi connectivity index (χ0n) is 13.6. The average Bonchev–Trinajstić information content (AvgIpc) is 2.50. The zero-order chi connectivity index (χ0) is 15.2. The maximum absolute atomic E-state index is 5.78. The largest absolute Gasteiger partial charge is 0.496 e. The first-order chi connectivity index (χ1) is 10.2. The van der Waals surface area contributed by atoms with E-state index >= 15 is 0 Å². The summed E-state index contributed by atoms with van der Waals surface area (Å²) in [6, 6.07) is 0.298. The molecular formula is C17H29N3O. The monoisotopic (exact) mass is 291 g/mol. The summed E-state index contributed by atoms with van der Waals surface area (Å²) in [7, 11) is 1.72. The SMILES string of the molecule is COc1c(C)cnc(CC(CC2CCCCC2)NN)c1C. The van der Waals surface area contributed by atoms with Crippen LogP contribution < -0.4 is 16.0 Å². The van der Waals surface area contributed by atoms with Crippen LogP contribution in [0.15, 0.2) is 6.20 Å². The highest BCUT2D eigenvalue weighted by atomic mass is 16.5. The van der Waals surface area contributed by atoms with Crippen LogP contribution in [-0.2, 0) is 6.42 Å². The minimum absolute atomic E-state index is 0.298. The van der Waals surface area contributed by atoms with E-state index in [2.05, 4.69) is 17.3 Å². The fourth-order valence-corrected chi connectivity index (χ4v) is 3.55. The van der Waals surface area contributed by atoms with Crippen LogP contribution in [0.3, 0.4) is 0 Å². The van der Waals surface area contributed by atoms with Crippen molar-refractivity contribution in [2.45, 2.75) is 64.8 Å². The van der Waals surface area contributed by atoms with Gasteiger partial charge in [0.2, 0.25) is 0 Å². The van der Waals surface area contributed by atoms with E-state index in [9.17, 15) is 0 Å². The highest BCUT2D eigenvalue weighted by Crippen LogP contribution is 2.29. The number of methoxy groups -OCH3 is 1. The van der Waals surface area contributed by atoms with E-state index in [1.165, 1.54) is 32.1 Å². The molecule has 1 heterocycles. The number of nitrogens with zero attached hydrogens (tertiary/aromatic N) is 1. The van der Waals surface area contributed by atoms with Gasteiger partial charge in [0, 0.05) is 35.5 Å². The number of rotatable bonds is 6. The lowest BCUT2D eigenvalue weighted by Gasteiger charge is -2.26. The molecule has 4 nitrogen and oxygen atoms in total. The molecule has 1 aromatic heterocycles. The lowest BCUT2D eigenvalue weighted by molar-refractivity contribution is 0.297. The predicted molar refractivity (Wildman–Crippen MR) is 86.3 cm³/mol. The minimum atomic E-state index is 0.298. The first-order valence-electron chi connectivity index (χ1n) is 8.10. The fourth-order valence-electron chi connectivity index (χ4n) is 3.55. The van der Waals surface area contributed by atoms with Crippen LogP contribution in [0.25, 0.3) is 0 Å². The quantitative estimate of drug-likeness (QED) is 0.625. The van der Waals surface area contributed by atoms with Crippen LogP contribution in [-0.4, -0.2) is 18.1 Å². The van der Waals surface area contributed by atoms with E-state index in [4.69, 9.17) is 10.6 Å². The highest BCUT2D eigenvalue weighted by molar-refractivity contribution is 5.41. The molecule has 1 saturated carbocycles. The first kappa shape index (κ1) is 16.2. The molecule has 1 aromatic rings. The molecule has 4 heteroatoms. The maximum Gasteiger partial charge on any atom is 0.128 e. The summed E-state index contributed by atoms with van der Waals surface area (Å²) >= 11 is 0. The van der Waals surface area contributed by atoms with Gasteiger partial charge in [0.1, 0.15) is 5.75 Å². The number of hydrogen-bond donors (Lipinski definition) is 2. The van der Waals surface area contributed by atoms with E-state index in [1.54, 1.807) is 7.11 Å². The molecule has 0 radical (unpaired) electrons. The topological polar surface area (TPSA) is 60.2 Å². The van der Waals surface area contributed by atoms with Crippen molar-refractivity contribution in [1.82, 2.24) is 10.4 Å². The third-order valence-corrected chi connectivity index (χ3v) is 4.77. The Bertz CT molecular complexity index is 456. The molecule has 1 aliphatic rings. The molecular weight excluding hydrogens is 262 g/mol. The Morgan fingerprint density at radius 3 is 2.67 bits per heavy atom. The van der Waals surface area contributed by atoms with Gasteiger partial charge in [-0.25, -0.2) is 0 Å². The summed E-state index contributed by atoms with van der Waals surface area (Å²) in [4.78, 5) is 4.59. The molecule has 0 saturated heterocycles. The van der Waals surface area contributed by atoms with E-state index in [1.807, 2.05) is 13.1 Å². The van der Waals surface area contributed by atoms with Crippen molar-refractivity contribution in [2.24, 2.45) is 11.8 Å². The molecule has 0 aromatic carbocycles. The molecule has 1 aliphatic carbocycles. The molecule has 1 fully saturated rings. The lowest BCUT2D eigenvalue weighted by Crippen LogP contribution is -2.39. The Hall–Kier alpha value is -1.13. The van der Waals surface area contributed by atoms with Gasteiger partial charge in [-0.3, -0.25) is 16.3 Å². The van der Waals surface area contributed by atoms with Crippen LogP contribution in [0.4, 0.5) is 0 Å². The second kappa shape index (κ2) is 7.76. The van der Waals surface area contributed by atoms with Gasteiger partial charge in [-0.1, -0.05) is 32.1 Å². The molecule has 0 aliphatic heterocycles. The number of aryl methyl sites for hydroxylation is 1. The number of nitrogens with two attached hydrogens (primary N) is 1. The Kier molecular flexibility index (Phi) is 6.00. The van der Waals surface area contributed by atoms with E-state index < -0.39 is 0 Å². The molecule has 3 N–H and O–H groups in total. The number of hydrazine groups is 1. The molecule has 0 bridgehead atoms.